The number of hydrogen-bond donors (Lipinski definition) is 3. The van der Waals surface area contributed by atoms with Crippen molar-refractivity contribution in [3.8, 4) is 0 Å². The molecule has 4 N–H and O–H groups in total. The maximum atomic E-state index is 11.5. The largest absolute Gasteiger partial charge is 0.396 e. The third kappa shape index (κ3) is 5.75. The average Bonchev–Trinajstić information content (AvgIpc) is 3.07. The van der Waals surface area contributed by atoms with Crippen LogP contribution in [-0.4, -0.2) is 40.7 Å². The molecule has 0 saturated heterocycles. The standard InChI is InChI=1S/C12H24N2O2S/c1-12(11(13)16,14-10-4-5-10)6-2-8-17-9-3-7-15/h10,14-15H,2-9H2,1H3,(H2,13,16). The Labute approximate surface area is 108 Å². The fraction of sp³-hybridized carbons (Fsp3) is 0.917. The summed E-state index contributed by atoms with van der Waals surface area (Å²) in [4.78, 5) is 11.5. The van der Waals surface area contributed by atoms with Gasteiger partial charge in [0.1, 0.15) is 0 Å². The Morgan fingerprint density at radius 3 is 2.65 bits per heavy atom. The van der Waals surface area contributed by atoms with Crippen molar-refractivity contribution in [3.05, 3.63) is 0 Å². The molecular formula is C12H24N2O2S. The van der Waals surface area contributed by atoms with Gasteiger partial charge in [0.25, 0.3) is 0 Å². The van der Waals surface area contributed by atoms with E-state index >= 15 is 0 Å². The molecule has 1 rings (SSSR count). The molecule has 0 spiro atoms. The van der Waals surface area contributed by atoms with Gasteiger partial charge in [0.15, 0.2) is 0 Å². The van der Waals surface area contributed by atoms with Gasteiger partial charge in [0, 0.05) is 12.6 Å². The summed E-state index contributed by atoms with van der Waals surface area (Å²) in [6.45, 7) is 2.17. The number of rotatable bonds is 10. The maximum absolute atomic E-state index is 11.5. The molecule has 1 aliphatic rings. The van der Waals surface area contributed by atoms with Crippen molar-refractivity contribution in [1.29, 1.82) is 0 Å². The quantitative estimate of drug-likeness (QED) is 0.510. The van der Waals surface area contributed by atoms with Gasteiger partial charge in [0.2, 0.25) is 5.91 Å². The molecule has 0 aromatic heterocycles. The minimum absolute atomic E-state index is 0.246. The molecule has 0 aliphatic heterocycles. The molecule has 100 valence electrons. The smallest absolute Gasteiger partial charge is 0.237 e. The van der Waals surface area contributed by atoms with Crippen LogP contribution in [0.15, 0.2) is 0 Å². The number of thioether (sulfide) groups is 1. The fourth-order valence-corrected chi connectivity index (χ4v) is 2.63. The van der Waals surface area contributed by atoms with Gasteiger partial charge >= 0.3 is 0 Å². The summed E-state index contributed by atoms with van der Waals surface area (Å²) in [5.74, 6) is 1.76. The Bertz CT molecular complexity index is 247. The molecule has 4 nitrogen and oxygen atoms in total. The Kier molecular flexibility index (Phi) is 6.30. The molecule has 1 fully saturated rings. The molecule has 0 heterocycles. The number of hydrogen-bond acceptors (Lipinski definition) is 4. The third-order valence-corrected chi connectivity index (χ3v) is 4.21. The number of nitrogens with two attached hydrogens (primary N) is 1. The molecule has 0 aromatic carbocycles. The van der Waals surface area contributed by atoms with Crippen LogP contribution in [0.4, 0.5) is 0 Å². The zero-order valence-electron chi connectivity index (χ0n) is 10.6. The van der Waals surface area contributed by atoms with Crippen molar-refractivity contribution in [2.45, 2.75) is 50.6 Å². The van der Waals surface area contributed by atoms with Gasteiger partial charge in [-0.25, -0.2) is 0 Å². The first-order valence-corrected chi connectivity index (χ1v) is 7.50. The highest BCUT2D eigenvalue weighted by molar-refractivity contribution is 7.99. The van der Waals surface area contributed by atoms with Crippen LogP contribution in [0.3, 0.4) is 0 Å². The van der Waals surface area contributed by atoms with E-state index in [9.17, 15) is 4.79 Å². The molecule has 17 heavy (non-hydrogen) atoms. The van der Waals surface area contributed by atoms with E-state index in [4.69, 9.17) is 10.8 Å². The predicted octanol–water partition coefficient (Wildman–Crippen LogP) is 0.878. The summed E-state index contributed by atoms with van der Waals surface area (Å²) in [6, 6.07) is 0.495. The number of nitrogens with one attached hydrogen (secondary N) is 1. The van der Waals surface area contributed by atoms with Crippen LogP contribution in [0.1, 0.15) is 39.0 Å². The van der Waals surface area contributed by atoms with Gasteiger partial charge in [0.05, 0.1) is 5.54 Å². The van der Waals surface area contributed by atoms with E-state index in [1.807, 2.05) is 18.7 Å². The van der Waals surface area contributed by atoms with Crippen LogP contribution < -0.4 is 11.1 Å². The summed E-state index contributed by atoms with van der Waals surface area (Å²) in [5, 5.41) is 12.0. The van der Waals surface area contributed by atoms with Crippen LogP contribution in [0.5, 0.6) is 0 Å². The second kappa shape index (κ2) is 7.24. The maximum Gasteiger partial charge on any atom is 0.237 e. The molecule has 1 atom stereocenters. The van der Waals surface area contributed by atoms with E-state index in [-0.39, 0.29) is 12.5 Å². The highest BCUT2D eigenvalue weighted by Crippen LogP contribution is 2.25. The number of amides is 1. The minimum Gasteiger partial charge on any atom is -0.396 e. The Hall–Kier alpha value is -0.260. The van der Waals surface area contributed by atoms with E-state index in [1.54, 1.807) is 0 Å². The lowest BCUT2D eigenvalue weighted by molar-refractivity contribution is -0.124. The summed E-state index contributed by atoms with van der Waals surface area (Å²) in [6.07, 6.45) is 4.94. The monoisotopic (exact) mass is 260 g/mol. The van der Waals surface area contributed by atoms with Crippen molar-refractivity contribution < 1.29 is 9.90 Å². The van der Waals surface area contributed by atoms with Crippen molar-refractivity contribution in [3.63, 3.8) is 0 Å². The lowest BCUT2D eigenvalue weighted by Gasteiger charge is -2.27. The van der Waals surface area contributed by atoms with Gasteiger partial charge in [-0.3, -0.25) is 4.79 Å². The molecule has 0 bridgehead atoms. The molecular weight excluding hydrogens is 236 g/mol. The zero-order valence-corrected chi connectivity index (χ0v) is 11.4. The van der Waals surface area contributed by atoms with E-state index in [0.717, 1.165) is 43.6 Å². The highest BCUT2D eigenvalue weighted by Gasteiger charge is 2.36. The van der Waals surface area contributed by atoms with Crippen molar-refractivity contribution in [2.75, 3.05) is 18.1 Å². The first-order chi connectivity index (χ1) is 8.08. The number of aliphatic hydroxyl groups is 1. The van der Waals surface area contributed by atoms with Crippen LogP contribution >= 0.6 is 11.8 Å². The van der Waals surface area contributed by atoms with Crippen LogP contribution in [0.25, 0.3) is 0 Å². The van der Waals surface area contributed by atoms with Gasteiger partial charge in [-0.05, 0) is 50.5 Å². The molecule has 1 amide bonds. The average molecular weight is 260 g/mol. The Balaban J connectivity index is 2.17. The number of aliphatic hydroxyl groups excluding tert-OH is 1. The molecule has 5 heteroatoms. The van der Waals surface area contributed by atoms with Crippen molar-refractivity contribution in [2.24, 2.45) is 5.73 Å². The summed E-state index contributed by atoms with van der Waals surface area (Å²) >= 11 is 1.82. The fourth-order valence-electron chi connectivity index (χ4n) is 1.74. The zero-order chi connectivity index (χ0) is 12.7. The highest BCUT2D eigenvalue weighted by atomic mass is 32.2. The summed E-state index contributed by atoms with van der Waals surface area (Å²) in [7, 11) is 0. The van der Waals surface area contributed by atoms with Gasteiger partial charge in [-0.15, -0.1) is 0 Å². The van der Waals surface area contributed by atoms with E-state index in [2.05, 4.69) is 5.32 Å². The summed E-state index contributed by atoms with van der Waals surface area (Å²) < 4.78 is 0. The molecule has 1 unspecified atom stereocenters. The second-order valence-electron chi connectivity index (χ2n) is 4.91. The normalized spacial score (nSPS) is 18.9. The van der Waals surface area contributed by atoms with Crippen molar-refractivity contribution >= 4 is 17.7 Å². The van der Waals surface area contributed by atoms with Gasteiger partial charge in [-0.2, -0.15) is 11.8 Å². The van der Waals surface area contributed by atoms with E-state index in [1.165, 1.54) is 0 Å². The third-order valence-electron chi connectivity index (χ3n) is 3.06. The minimum atomic E-state index is -0.543. The summed E-state index contributed by atoms with van der Waals surface area (Å²) in [5.41, 5.74) is 4.93. The Morgan fingerprint density at radius 1 is 1.47 bits per heavy atom. The van der Waals surface area contributed by atoms with Gasteiger partial charge in [-0.1, -0.05) is 0 Å². The first kappa shape index (κ1) is 14.8. The topological polar surface area (TPSA) is 75.3 Å². The molecule has 0 radical (unpaired) electrons. The first-order valence-electron chi connectivity index (χ1n) is 6.35. The molecule has 1 saturated carbocycles. The van der Waals surface area contributed by atoms with Crippen LogP contribution in [0, 0.1) is 0 Å². The molecule has 0 aromatic rings. The number of primary amides is 1. The predicted molar refractivity (Wildman–Crippen MR) is 72.0 cm³/mol. The Morgan fingerprint density at radius 2 is 2.12 bits per heavy atom. The van der Waals surface area contributed by atoms with E-state index in [0.29, 0.717) is 6.04 Å². The number of carbonyl (C=O) groups excluding carboxylic acids is 1. The van der Waals surface area contributed by atoms with Gasteiger partial charge < -0.3 is 16.2 Å². The SMILES string of the molecule is CC(CCCSCCCO)(NC1CC1)C(N)=O. The molecule has 1 aliphatic carbocycles. The lowest BCUT2D eigenvalue weighted by Crippen LogP contribution is -2.54. The van der Waals surface area contributed by atoms with E-state index < -0.39 is 5.54 Å². The second-order valence-corrected chi connectivity index (χ2v) is 6.13. The lowest BCUT2D eigenvalue weighted by atomic mass is 9.95. The number of carbonyl (C=O) groups is 1. The van der Waals surface area contributed by atoms with Crippen LogP contribution in [0.2, 0.25) is 0 Å². The van der Waals surface area contributed by atoms with Crippen molar-refractivity contribution in [1.82, 2.24) is 5.32 Å². The van der Waals surface area contributed by atoms with Crippen LogP contribution in [-0.2, 0) is 4.79 Å².